The van der Waals surface area contributed by atoms with Crippen molar-refractivity contribution in [1.29, 1.82) is 0 Å². The zero-order valence-corrected chi connectivity index (χ0v) is 10.8. The van der Waals surface area contributed by atoms with E-state index in [2.05, 4.69) is 29.1 Å². The summed E-state index contributed by atoms with van der Waals surface area (Å²) in [6, 6.07) is 0. The van der Waals surface area contributed by atoms with Gasteiger partial charge < -0.3 is 15.0 Å². The number of nitrogens with one attached hydrogen (secondary N) is 1. The molecule has 0 aromatic rings. The standard InChI is InChI=1S/C12H25N3O/c1-4-13-12(14-7-10-16-3)15-8-5-11(2)6-9-15/h11H,4-10H2,1-3H3,(H,13,14). The molecule has 1 rings (SSSR count). The van der Waals surface area contributed by atoms with Crippen LogP contribution in [-0.2, 0) is 4.74 Å². The quantitative estimate of drug-likeness (QED) is 0.447. The highest BCUT2D eigenvalue weighted by Crippen LogP contribution is 2.15. The molecule has 94 valence electrons. The lowest BCUT2D eigenvalue weighted by atomic mass is 10.00. The summed E-state index contributed by atoms with van der Waals surface area (Å²) in [7, 11) is 1.71. The van der Waals surface area contributed by atoms with E-state index in [4.69, 9.17) is 4.74 Å². The number of methoxy groups -OCH3 is 1. The van der Waals surface area contributed by atoms with E-state index in [-0.39, 0.29) is 0 Å². The van der Waals surface area contributed by atoms with Crippen molar-refractivity contribution < 1.29 is 4.74 Å². The average Bonchev–Trinajstić information content (AvgIpc) is 2.29. The number of piperidine rings is 1. The largest absolute Gasteiger partial charge is 0.383 e. The lowest BCUT2D eigenvalue weighted by molar-refractivity contribution is 0.207. The summed E-state index contributed by atoms with van der Waals surface area (Å²) in [6.45, 7) is 9.05. The van der Waals surface area contributed by atoms with Gasteiger partial charge in [-0.1, -0.05) is 6.92 Å². The number of hydrogen-bond acceptors (Lipinski definition) is 2. The van der Waals surface area contributed by atoms with Crippen molar-refractivity contribution in [2.45, 2.75) is 26.7 Å². The first-order valence-corrected chi connectivity index (χ1v) is 6.30. The van der Waals surface area contributed by atoms with Crippen LogP contribution < -0.4 is 5.32 Å². The minimum atomic E-state index is 0.694. The lowest BCUT2D eigenvalue weighted by Gasteiger charge is -2.32. The Kier molecular flexibility index (Phi) is 6.23. The highest BCUT2D eigenvalue weighted by Gasteiger charge is 2.18. The van der Waals surface area contributed by atoms with Crippen molar-refractivity contribution in [3.8, 4) is 0 Å². The van der Waals surface area contributed by atoms with E-state index in [1.165, 1.54) is 12.8 Å². The van der Waals surface area contributed by atoms with Crippen LogP contribution in [0.1, 0.15) is 26.7 Å². The summed E-state index contributed by atoms with van der Waals surface area (Å²) in [5.74, 6) is 1.91. The molecule has 0 saturated carbocycles. The van der Waals surface area contributed by atoms with Crippen LogP contribution in [0.4, 0.5) is 0 Å². The molecule has 1 fully saturated rings. The number of guanidine groups is 1. The molecule has 0 aliphatic carbocycles. The number of nitrogens with zero attached hydrogens (tertiary/aromatic N) is 2. The number of aliphatic imine (C=N–C) groups is 1. The van der Waals surface area contributed by atoms with Crippen LogP contribution in [0.15, 0.2) is 4.99 Å². The topological polar surface area (TPSA) is 36.9 Å². The third-order valence-corrected chi connectivity index (χ3v) is 2.98. The van der Waals surface area contributed by atoms with Gasteiger partial charge in [-0.15, -0.1) is 0 Å². The Labute approximate surface area is 99.1 Å². The smallest absolute Gasteiger partial charge is 0.193 e. The van der Waals surface area contributed by atoms with Gasteiger partial charge >= 0.3 is 0 Å². The van der Waals surface area contributed by atoms with Crippen LogP contribution in [0.25, 0.3) is 0 Å². The normalized spacial score (nSPS) is 18.9. The Morgan fingerprint density at radius 3 is 2.69 bits per heavy atom. The van der Waals surface area contributed by atoms with E-state index in [1.807, 2.05) is 0 Å². The van der Waals surface area contributed by atoms with Gasteiger partial charge in [0.2, 0.25) is 0 Å². The van der Waals surface area contributed by atoms with Crippen molar-refractivity contribution in [3.63, 3.8) is 0 Å². The molecule has 0 unspecified atom stereocenters. The van der Waals surface area contributed by atoms with Gasteiger partial charge in [-0.3, -0.25) is 4.99 Å². The monoisotopic (exact) mass is 227 g/mol. The third-order valence-electron chi connectivity index (χ3n) is 2.98. The second-order valence-corrected chi connectivity index (χ2v) is 4.40. The van der Waals surface area contributed by atoms with E-state index < -0.39 is 0 Å². The van der Waals surface area contributed by atoms with Crippen LogP contribution >= 0.6 is 0 Å². The highest BCUT2D eigenvalue weighted by atomic mass is 16.5. The van der Waals surface area contributed by atoms with Crippen LogP contribution in [0.3, 0.4) is 0 Å². The predicted octanol–water partition coefficient (Wildman–Crippen LogP) is 1.33. The number of rotatable bonds is 4. The molecule has 1 N–H and O–H groups in total. The van der Waals surface area contributed by atoms with E-state index in [9.17, 15) is 0 Å². The van der Waals surface area contributed by atoms with Gasteiger partial charge in [0.25, 0.3) is 0 Å². The Hall–Kier alpha value is -0.770. The Balaban J connectivity index is 2.45. The summed E-state index contributed by atoms with van der Waals surface area (Å²) in [6.07, 6.45) is 2.55. The van der Waals surface area contributed by atoms with E-state index in [0.29, 0.717) is 6.61 Å². The van der Waals surface area contributed by atoms with Gasteiger partial charge in [-0.2, -0.15) is 0 Å². The Morgan fingerprint density at radius 2 is 2.12 bits per heavy atom. The highest BCUT2D eigenvalue weighted by molar-refractivity contribution is 5.80. The second kappa shape index (κ2) is 7.49. The van der Waals surface area contributed by atoms with Crippen LogP contribution in [0, 0.1) is 5.92 Å². The number of ether oxygens (including phenoxy) is 1. The maximum atomic E-state index is 5.02. The molecule has 1 heterocycles. The average molecular weight is 227 g/mol. The summed E-state index contributed by atoms with van der Waals surface area (Å²) in [5, 5.41) is 3.35. The molecule has 4 heteroatoms. The van der Waals surface area contributed by atoms with Gasteiger partial charge in [0.15, 0.2) is 5.96 Å². The Bertz CT molecular complexity index is 210. The van der Waals surface area contributed by atoms with Gasteiger partial charge in [0.1, 0.15) is 0 Å². The summed E-state index contributed by atoms with van der Waals surface area (Å²) in [5.41, 5.74) is 0. The van der Waals surface area contributed by atoms with Crippen molar-refractivity contribution in [1.82, 2.24) is 10.2 Å². The van der Waals surface area contributed by atoms with E-state index >= 15 is 0 Å². The van der Waals surface area contributed by atoms with Crippen molar-refractivity contribution in [2.75, 3.05) is 39.9 Å². The zero-order chi connectivity index (χ0) is 11.8. The lowest BCUT2D eigenvalue weighted by Crippen LogP contribution is -2.45. The van der Waals surface area contributed by atoms with Gasteiger partial charge in [-0.25, -0.2) is 0 Å². The van der Waals surface area contributed by atoms with Crippen LogP contribution in [0.2, 0.25) is 0 Å². The first-order valence-electron chi connectivity index (χ1n) is 6.30. The molecule has 0 atom stereocenters. The minimum absolute atomic E-state index is 0.694. The predicted molar refractivity (Wildman–Crippen MR) is 67.8 cm³/mol. The maximum absolute atomic E-state index is 5.02. The van der Waals surface area contributed by atoms with Gasteiger partial charge in [0.05, 0.1) is 13.2 Å². The van der Waals surface area contributed by atoms with Crippen molar-refractivity contribution in [3.05, 3.63) is 0 Å². The van der Waals surface area contributed by atoms with E-state index in [1.54, 1.807) is 7.11 Å². The summed E-state index contributed by atoms with van der Waals surface area (Å²) in [4.78, 5) is 6.92. The first kappa shape index (κ1) is 13.3. The molecule has 0 bridgehead atoms. The summed E-state index contributed by atoms with van der Waals surface area (Å²) >= 11 is 0. The molecule has 0 spiro atoms. The SMILES string of the molecule is CCNC(=NCCOC)N1CCC(C)CC1. The number of hydrogen-bond donors (Lipinski definition) is 1. The molecule has 0 aromatic carbocycles. The molecule has 0 aromatic heterocycles. The fourth-order valence-corrected chi connectivity index (χ4v) is 1.89. The maximum Gasteiger partial charge on any atom is 0.193 e. The molecule has 1 saturated heterocycles. The minimum Gasteiger partial charge on any atom is -0.383 e. The fourth-order valence-electron chi connectivity index (χ4n) is 1.89. The third kappa shape index (κ3) is 4.39. The van der Waals surface area contributed by atoms with Gasteiger partial charge in [0, 0.05) is 26.7 Å². The molecular formula is C12H25N3O. The van der Waals surface area contributed by atoms with E-state index in [0.717, 1.165) is 38.1 Å². The molecule has 0 amide bonds. The van der Waals surface area contributed by atoms with Crippen LogP contribution in [0.5, 0.6) is 0 Å². The van der Waals surface area contributed by atoms with Gasteiger partial charge in [-0.05, 0) is 25.7 Å². The zero-order valence-electron chi connectivity index (χ0n) is 10.8. The van der Waals surface area contributed by atoms with Crippen molar-refractivity contribution >= 4 is 5.96 Å². The van der Waals surface area contributed by atoms with Crippen LogP contribution in [-0.4, -0.2) is 50.8 Å². The second-order valence-electron chi connectivity index (χ2n) is 4.40. The molecule has 1 aliphatic heterocycles. The van der Waals surface area contributed by atoms with Crippen molar-refractivity contribution in [2.24, 2.45) is 10.9 Å². The molecule has 0 radical (unpaired) electrons. The molecular weight excluding hydrogens is 202 g/mol. The molecule has 16 heavy (non-hydrogen) atoms. The number of likely N-dealkylation sites (tertiary alicyclic amines) is 1. The molecule has 4 nitrogen and oxygen atoms in total. The molecule has 1 aliphatic rings. The first-order chi connectivity index (χ1) is 7.77. The fraction of sp³-hybridized carbons (Fsp3) is 0.917. The summed E-state index contributed by atoms with van der Waals surface area (Å²) < 4.78 is 5.02. The Morgan fingerprint density at radius 1 is 1.44 bits per heavy atom.